The van der Waals surface area contributed by atoms with Crippen LogP contribution in [0.1, 0.15) is 15.4 Å². The van der Waals surface area contributed by atoms with E-state index in [-0.39, 0.29) is 11.8 Å². The van der Waals surface area contributed by atoms with Gasteiger partial charge in [0.15, 0.2) is 0 Å². The lowest BCUT2D eigenvalue weighted by Crippen LogP contribution is -2.33. The summed E-state index contributed by atoms with van der Waals surface area (Å²) in [6, 6.07) is 6.30. The minimum atomic E-state index is -0.231. The maximum atomic E-state index is 12.8. The van der Waals surface area contributed by atoms with Gasteiger partial charge in [-0.05, 0) is 17.7 Å². The second kappa shape index (κ2) is 6.47. The average molecular weight is 293 g/mol. The molecule has 2 rings (SSSR count). The van der Waals surface area contributed by atoms with Crippen LogP contribution in [-0.4, -0.2) is 30.0 Å². The van der Waals surface area contributed by atoms with Crippen LogP contribution in [0.2, 0.25) is 0 Å². The van der Waals surface area contributed by atoms with E-state index < -0.39 is 0 Å². The van der Waals surface area contributed by atoms with Crippen molar-refractivity contribution in [2.75, 3.05) is 14.1 Å². The van der Waals surface area contributed by atoms with Crippen LogP contribution in [0.5, 0.6) is 0 Å². The Bertz CT molecular complexity index is 580. The molecule has 0 aliphatic rings. The van der Waals surface area contributed by atoms with Gasteiger partial charge in [-0.25, -0.2) is 14.2 Å². The van der Waals surface area contributed by atoms with Gasteiger partial charge in [-0.1, -0.05) is 12.1 Å². The molecule has 0 saturated heterocycles. The molecule has 4 nitrogen and oxygen atoms in total. The van der Waals surface area contributed by atoms with Crippen molar-refractivity contribution < 1.29 is 9.18 Å². The van der Waals surface area contributed by atoms with Crippen LogP contribution in [0.15, 0.2) is 30.5 Å². The first kappa shape index (κ1) is 14.5. The molecule has 1 heterocycles. The summed E-state index contributed by atoms with van der Waals surface area (Å²) in [6.07, 6.45) is 2.52. The normalized spacial score (nSPS) is 10.3. The van der Waals surface area contributed by atoms with Gasteiger partial charge in [0.2, 0.25) is 0 Å². The first-order chi connectivity index (χ1) is 9.54. The Morgan fingerprint density at radius 3 is 2.70 bits per heavy atom. The number of carbonyl (C=O) groups is 1. The summed E-state index contributed by atoms with van der Waals surface area (Å²) >= 11 is 1.55. The first-order valence-electron chi connectivity index (χ1n) is 6.18. The van der Waals surface area contributed by atoms with Crippen molar-refractivity contribution in [1.82, 2.24) is 15.2 Å². The number of benzene rings is 1. The highest BCUT2D eigenvalue weighted by molar-refractivity contribution is 7.11. The molecule has 106 valence electrons. The third-order valence-corrected chi connectivity index (χ3v) is 3.69. The van der Waals surface area contributed by atoms with Gasteiger partial charge in [-0.15, -0.1) is 11.3 Å². The topological polar surface area (TPSA) is 45.2 Å². The number of hydrogen-bond donors (Lipinski definition) is 1. The van der Waals surface area contributed by atoms with Gasteiger partial charge in [-0.3, -0.25) is 0 Å². The van der Waals surface area contributed by atoms with Crippen molar-refractivity contribution in [3.63, 3.8) is 0 Å². The van der Waals surface area contributed by atoms with E-state index in [1.54, 1.807) is 43.8 Å². The Hall–Kier alpha value is -1.95. The van der Waals surface area contributed by atoms with E-state index in [2.05, 4.69) is 10.3 Å². The smallest absolute Gasteiger partial charge is 0.317 e. The summed E-state index contributed by atoms with van der Waals surface area (Å²) in [5, 5.41) is 3.63. The monoisotopic (exact) mass is 293 g/mol. The molecule has 0 fully saturated rings. The summed E-state index contributed by atoms with van der Waals surface area (Å²) in [5.41, 5.74) is 1.04. The average Bonchev–Trinajstić information content (AvgIpc) is 2.86. The molecule has 1 aromatic heterocycles. The number of hydrogen-bond acceptors (Lipinski definition) is 3. The lowest BCUT2D eigenvalue weighted by atomic mass is 10.1. The standard InChI is InChI=1S/C14H16FN3OS/c1-18(2)14(19)17-9-13-16-8-12(20-13)7-10-3-5-11(15)6-4-10/h3-6,8H,7,9H2,1-2H3,(H,17,19). The second-order valence-electron chi connectivity index (χ2n) is 4.58. The zero-order valence-electron chi connectivity index (χ0n) is 11.4. The van der Waals surface area contributed by atoms with E-state index in [9.17, 15) is 9.18 Å². The van der Waals surface area contributed by atoms with E-state index in [1.807, 2.05) is 0 Å². The minimum absolute atomic E-state index is 0.139. The molecule has 0 aliphatic heterocycles. The Morgan fingerprint density at radius 1 is 1.35 bits per heavy atom. The molecule has 0 spiro atoms. The molecule has 0 bridgehead atoms. The molecule has 0 unspecified atom stereocenters. The third kappa shape index (κ3) is 4.03. The number of nitrogens with one attached hydrogen (secondary N) is 1. The zero-order valence-corrected chi connectivity index (χ0v) is 12.2. The van der Waals surface area contributed by atoms with Crippen LogP contribution in [0, 0.1) is 5.82 Å². The van der Waals surface area contributed by atoms with Crippen LogP contribution in [0.25, 0.3) is 0 Å². The second-order valence-corrected chi connectivity index (χ2v) is 5.78. The summed E-state index contributed by atoms with van der Waals surface area (Å²) in [5.74, 6) is -0.231. The largest absolute Gasteiger partial charge is 0.331 e. The van der Waals surface area contributed by atoms with Crippen LogP contribution in [0.4, 0.5) is 9.18 Å². The van der Waals surface area contributed by atoms with Crippen LogP contribution < -0.4 is 5.32 Å². The van der Waals surface area contributed by atoms with E-state index in [0.29, 0.717) is 6.54 Å². The highest BCUT2D eigenvalue weighted by Gasteiger charge is 2.06. The summed E-state index contributed by atoms with van der Waals surface area (Å²) in [4.78, 5) is 18.2. The molecule has 0 aliphatic carbocycles. The molecule has 0 radical (unpaired) electrons. The van der Waals surface area contributed by atoms with Crippen LogP contribution in [0.3, 0.4) is 0 Å². The van der Waals surface area contributed by atoms with Gasteiger partial charge in [-0.2, -0.15) is 0 Å². The van der Waals surface area contributed by atoms with Crippen molar-refractivity contribution in [2.24, 2.45) is 0 Å². The van der Waals surface area contributed by atoms with Gasteiger partial charge in [0, 0.05) is 31.6 Å². The lowest BCUT2D eigenvalue weighted by Gasteiger charge is -2.10. The van der Waals surface area contributed by atoms with Gasteiger partial charge in [0.05, 0.1) is 6.54 Å². The molecule has 0 atom stereocenters. The van der Waals surface area contributed by atoms with Gasteiger partial charge in [0.1, 0.15) is 10.8 Å². The van der Waals surface area contributed by atoms with Crippen molar-refractivity contribution in [3.05, 3.63) is 51.7 Å². The third-order valence-electron chi connectivity index (χ3n) is 2.69. The Morgan fingerprint density at radius 2 is 2.05 bits per heavy atom. The number of aromatic nitrogens is 1. The van der Waals surface area contributed by atoms with Crippen LogP contribution >= 0.6 is 11.3 Å². The number of halogens is 1. The fraction of sp³-hybridized carbons (Fsp3) is 0.286. The van der Waals surface area contributed by atoms with Crippen LogP contribution in [-0.2, 0) is 13.0 Å². The highest BCUT2D eigenvalue weighted by Crippen LogP contribution is 2.17. The fourth-order valence-corrected chi connectivity index (χ4v) is 2.52. The predicted octanol–water partition coefficient (Wildman–Crippen LogP) is 2.64. The Balaban J connectivity index is 1.92. The summed E-state index contributed by atoms with van der Waals surface area (Å²) < 4.78 is 12.8. The van der Waals surface area contributed by atoms with Crippen molar-refractivity contribution in [2.45, 2.75) is 13.0 Å². The van der Waals surface area contributed by atoms with E-state index in [0.717, 1.165) is 21.9 Å². The van der Waals surface area contributed by atoms with E-state index >= 15 is 0 Å². The molecular formula is C14H16FN3OS. The quantitative estimate of drug-likeness (QED) is 0.942. The maximum absolute atomic E-state index is 12.8. The molecule has 1 N–H and O–H groups in total. The summed E-state index contributed by atoms with van der Waals surface area (Å²) in [6.45, 7) is 0.422. The van der Waals surface area contributed by atoms with E-state index in [4.69, 9.17) is 0 Å². The molecule has 2 amide bonds. The number of carbonyl (C=O) groups excluding carboxylic acids is 1. The maximum Gasteiger partial charge on any atom is 0.317 e. The predicted molar refractivity (Wildman–Crippen MR) is 77.2 cm³/mol. The van der Waals surface area contributed by atoms with Gasteiger partial charge < -0.3 is 10.2 Å². The van der Waals surface area contributed by atoms with Crippen molar-refractivity contribution >= 4 is 17.4 Å². The molecule has 2 aromatic rings. The SMILES string of the molecule is CN(C)C(=O)NCc1ncc(Cc2ccc(F)cc2)s1. The van der Waals surface area contributed by atoms with Gasteiger partial charge in [0.25, 0.3) is 0 Å². The molecule has 0 saturated carbocycles. The molecule has 20 heavy (non-hydrogen) atoms. The minimum Gasteiger partial charge on any atom is -0.331 e. The zero-order chi connectivity index (χ0) is 14.5. The molecule has 6 heteroatoms. The number of urea groups is 1. The Kier molecular flexibility index (Phi) is 4.68. The number of amides is 2. The molecule has 1 aromatic carbocycles. The van der Waals surface area contributed by atoms with Crippen molar-refractivity contribution in [3.8, 4) is 0 Å². The van der Waals surface area contributed by atoms with Crippen molar-refractivity contribution in [1.29, 1.82) is 0 Å². The first-order valence-corrected chi connectivity index (χ1v) is 6.99. The molecular weight excluding hydrogens is 277 g/mol. The number of nitrogens with zero attached hydrogens (tertiary/aromatic N) is 2. The number of rotatable bonds is 4. The lowest BCUT2D eigenvalue weighted by molar-refractivity contribution is 0.217. The Labute approximate surface area is 121 Å². The van der Waals surface area contributed by atoms with E-state index in [1.165, 1.54) is 17.0 Å². The number of thiazole rings is 1. The van der Waals surface area contributed by atoms with Gasteiger partial charge >= 0.3 is 6.03 Å². The highest BCUT2D eigenvalue weighted by atomic mass is 32.1. The summed E-state index contributed by atoms with van der Waals surface area (Å²) in [7, 11) is 3.38. The fourth-order valence-electron chi connectivity index (χ4n) is 1.62.